The smallest absolute Gasteiger partial charge is 0.356 e. The Labute approximate surface area is 156 Å². The molecule has 1 N–H and O–H groups in total. The Bertz CT molecular complexity index is 920. The minimum absolute atomic E-state index is 0.0741. The van der Waals surface area contributed by atoms with Gasteiger partial charge in [0.1, 0.15) is 11.3 Å². The summed E-state index contributed by atoms with van der Waals surface area (Å²) in [6.45, 7) is 3.97. The number of aryl methyl sites for hydroxylation is 2. The lowest BCUT2D eigenvalue weighted by Crippen LogP contribution is -2.14. The maximum Gasteiger partial charge on any atom is 0.356 e. The highest BCUT2D eigenvalue weighted by Gasteiger charge is 2.40. The predicted octanol–water partition coefficient (Wildman–Crippen LogP) is 4.09. The molecular formula is C20H18ClNO4. The van der Waals surface area contributed by atoms with Crippen LogP contribution in [0.4, 0.5) is 5.69 Å². The molecule has 6 heteroatoms. The number of benzene rings is 2. The molecule has 0 saturated carbocycles. The number of methoxy groups -OCH3 is 1. The lowest BCUT2D eigenvalue weighted by atomic mass is 10.0. The van der Waals surface area contributed by atoms with Gasteiger partial charge in [0.05, 0.1) is 7.11 Å². The van der Waals surface area contributed by atoms with Crippen molar-refractivity contribution in [1.29, 1.82) is 0 Å². The lowest BCUT2D eigenvalue weighted by molar-refractivity contribution is -0.141. The quantitative estimate of drug-likeness (QED) is 0.820. The zero-order chi connectivity index (χ0) is 18.8. The van der Waals surface area contributed by atoms with Crippen LogP contribution in [0.15, 0.2) is 53.7 Å². The number of hydrogen-bond donors (Lipinski definition) is 1. The zero-order valence-electron chi connectivity index (χ0n) is 14.6. The molecule has 1 heterocycles. The van der Waals surface area contributed by atoms with Crippen LogP contribution < -0.4 is 5.32 Å². The number of rotatable bonds is 4. The molecule has 2 aromatic carbocycles. The van der Waals surface area contributed by atoms with Gasteiger partial charge in [-0.25, -0.2) is 9.59 Å². The molecule has 1 aliphatic rings. The van der Waals surface area contributed by atoms with E-state index in [0.717, 1.165) is 11.1 Å². The Morgan fingerprint density at radius 2 is 1.92 bits per heavy atom. The van der Waals surface area contributed by atoms with E-state index in [0.29, 0.717) is 16.3 Å². The van der Waals surface area contributed by atoms with E-state index in [1.165, 1.54) is 7.11 Å². The van der Waals surface area contributed by atoms with Crippen molar-refractivity contribution in [2.75, 3.05) is 12.4 Å². The third-order valence-electron chi connectivity index (χ3n) is 4.29. The highest BCUT2D eigenvalue weighted by molar-refractivity contribution is 6.30. The fraction of sp³-hybridized carbons (Fsp3) is 0.200. The lowest BCUT2D eigenvalue weighted by Gasteiger charge is -2.13. The summed E-state index contributed by atoms with van der Waals surface area (Å²) in [5.41, 5.74) is 3.68. The molecule has 0 amide bonds. The fourth-order valence-corrected chi connectivity index (χ4v) is 2.97. The van der Waals surface area contributed by atoms with Crippen LogP contribution in [-0.2, 0) is 19.1 Å². The number of cyclic esters (lactones) is 1. The Hall–Kier alpha value is -2.79. The summed E-state index contributed by atoms with van der Waals surface area (Å²) in [4.78, 5) is 24.8. The summed E-state index contributed by atoms with van der Waals surface area (Å²) in [7, 11) is 1.26. The van der Waals surface area contributed by atoms with Gasteiger partial charge in [-0.3, -0.25) is 0 Å². The largest absolute Gasteiger partial charge is 0.465 e. The molecular weight excluding hydrogens is 354 g/mol. The zero-order valence-corrected chi connectivity index (χ0v) is 15.4. The average molecular weight is 372 g/mol. The van der Waals surface area contributed by atoms with Crippen molar-refractivity contribution >= 4 is 29.2 Å². The molecule has 0 aliphatic carbocycles. The topological polar surface area (TPSA) is 64.6 Å². The molecule has 0 radical (unpaired) electrons. The Kier molecular flexibility index (Phi) is 5.00. The SMILES string of the molecule is COC(=O)C1=C(Nc2ccc(C)c(C)c2)C(=O)OC1c1cccc(Cl)c1. The minimum atomic E-state index is -0.873. The molecule has 0 spiro atoms. The number of ether oxygens (including phenoxy) is 2. The third kappa shape index (κ3) is 3.44. The first kappa shape index (κ1) is 18.0. The molecule has 26 heavy (non-hydrogen) atoms. The van der Waals surface area contributed by atoms with Gasteiger partial charge in [-0.05, 0) is 54.8 Å². The van der Waals surface area contributed by atoms with Gasteiger partial charge in [-0.15, -0.1) is 0 Å². The summed E-state index contributed by atoms with van der Waals surface area (Å²) >= 11 is 6.03. The Morgan fingerprint density at radius 3 is 2.58 bits per heavy atom. The van der Waals surface area contributed by atoms with Crippen LogP contribution in [0.5, 0.6) is 0 Å². The van der Waals surface area contributed by atoms with E-state index < -0.39 is 18.0 Å². The predicted molar refractivity (Wildman–Crippen MR) is 98.9 cm³/mol. The fourth-order valence-electron chi connectivity index (χ4n) is 2.77. The Balaban J connectivity index is 2.05. The Morgan fingerprint density at radius 1 is 1.15 bits per heavy atom. The van der Waals surface area contributed by atoms with Crippen molar-refractivity contribution < 1.29 is 19.1 Å². The average Bonchev–Trinajstić information content (AvgIpc) is 2.94. The second kappa shape index (κ2) is 7.22. The van der Waals surface area contributed by atoms with Crippen LogP contribution in [0.1, 0.15) is 22.8 Å². The van der Waals surface area contributed by atoms with E-state index >= 15 is 0 Å². The normalized spacial score (nSPS) is 16.5. The third-order valence-corrected chi connectivity index (χ3v) is 4.53. The highest BCUT2D eigenvalue weighted by Crippen LogP contribution is 2.37. The van der Waals surface area contributed by atoms with Crippen molar-refractivity contribution in [2.24, 2.45) is 0 Å². The number of hydrogen-bond acceptors (Lipinski definition) is 5. The molecule has 0 fully saturated rings. The molecule has 0 bridgehead atoms. The number of carbonyl (C=O) groups excluding carboxylic acids is 2. The maximum atomic E-state index is 12.4. The van der Waals surface area contributed by atoms with Crippen LogP contribution in [0.25, 0.3) is 0 Å². The van der Waals surface area contributed by atoms with Crippen LogP contribution >= 0.6 is 11.6 Å². The number of anilines is 1. The maximum absolute atomic E-state index is 12.4. The van der Waals surface area contributed by atoms with Crippen molar-refractivity contribution in [1.82, 2.24) is 0 Å². The minimum Gasteiger partial charge on any atom is -0.465 e. The van der Waals surface area contributed by atoms with Gasteiger partial charge in [-0.1, -0.05) is 29.8 Å². The number of halogens is 1. The molecule has 134 valence electrons. The summed E-state index contributed by atoms with van der Waals surface area (Å²) in [6, 6.07) is 12.5. The molecule has 1 unspecified atom stereocenters. The van der Waals surface area contributed by atoms with Gasteiger partial charge < -0.3 is 14.8 Å². The molecule has 5 nitrogen and oxygen atoms in total. The van der Waals surface area contributed by atoms with Crippen molar-refractivity contribution in [2.45, 2.75) is 20.0 Å². The summed E-state index contributed by atoms with van der Waals surface area (Å²) in [6.07, 6.45) is -0.873. The van der Waals surface area contributed by atoms with Crippen molar-refractivity contribution in [3.63, 3.8) is 0 Å². The van der Waals surface area contributed by atoms with Gasteiger partial charge in [0, 0.05) is 10.7 Å². The summed E-state index contributed by atoms with van der Waals surface area (Å²) in [5, 5.41) is 3.49. The van der Waals surface area contributed by atoms with Gasteiger partial charge in [0.25, 0.3) is 0 Å². The van der Waals surface area contributed by atoms with Gasteiger partial charge in [0.2, 0.25) is 0 Å². The standard InChI is InChI=1S/C20H18ClNO4/c1-11-7-8-15(9-12(11)2)22-17-16(19(23)25-3)18(26-20(17)24)13-5-4-6-14(21)10-13/h4-10,18,22H,1-3H3. The molecule has 1 aliphatic heterocycles. The van der Waals surface area contributed by atoms with Crippen molar-refractivity contribution in [3.8, 4) is 0 Å². The number of esters is 2. The van der Waals surface area contributed by atoms with Crippen LogP contribution in [0.2, 0.25) is 5.02 Å². The van der Waals surface area contributed by atoms with Gasteiger partial charge >= 0.3 is 11.9 Å². The number of nitrogens with one attached hydrogen (secondary N) is 1. The van der Waals surface area contributed by atoms with Gasteiger partial charge in [0.15, 0.2) is 6.10 Å². The van der Waals surface area contributed by atoms with Crippen LogP contribution in [0, 0.1) is 13.8 Å². The molecule has 2 aromatic rings. The van der Waals surface area contributed by atoms with Gasteiger partial charge in [-0.2, -0.15) is 0 Å². The second-order valence-electron chi connectivity index (χ2n) is 6.04. The van der Waals surface area contributed by atoms with E-state index in [-0.39, 0.29) is 11.3 Å². The van der Waals surface area contributed by atoms with E-state index in [2.05, 4.69) is 5.32 Å². The highest BCUT2D eigenvalue weighted by atomic mass is 35.5. The van der Waals surface area contributed by atoms with E-state index in [4.69, 9.17) is 21.1 Å². The first-order valence-electron chi connectivity index (χ1n) is 8.04. The molecule has 1 atom stereocenters. The summed E-state index contributed by atoms with van der Waals surface area (Å²) < 4.78 is 10.3. The molecule has 0 saturated heterocycles. The number of carbonyl (C=O) groups is 2. The van der Waals surface area contributed by atoms with E-state index in [9.17, 15) is 9.59 Å². The monoisotopic (exact) mass is 371 g/mol. The van der Waals surface area contributed by atoms with Crippen LogP contribution in [0.3, 0.4) is 0 Å². The van der Waals surface area contributed by atoms with Crippen LogP contribution in [-0.4, -0.2) is 19.0 Å². The summed E-state index contributed by atoms with van der Waals surface area (Å²) in [5.74, 6) is -1.25. The first-order chi connectivity index (χ1) is 12.4. The second-order valence-corrected chi connectivity index (χ2v) is 6.48. The van der Waals surface area contributed by atoms with E-state index in [1.54, 1.807) is 24.3 Å². The van der Waals surface area contributed by atoms with Crippen molar-refractivity contribution in [3.05, 3.63) is 75.4 Å². The molecule has 3 rings (SSSR count). The first-order valence-corrected chi connectivity index (χ1v) is 8.41. The molecule has 0 aromatic heterocycles. The van der Waals surface area contributed by atoms with E-state index in [1.807, 2.05) is 32.0 Å².